The second-order valence-electron chi connectivity index (χ2n) is 5.43. The topological polar surface area (TPSA) is 59.6 Å². The maximum Gasteiger partial charge on any atom is 0.251 e. The molecule has 0 aromatic heterocycles. The van der Waals surface area contributed by atoms with Crippen LogP contribution in [0.2, 0.25) is 0 Å². The Morgan fingerprint density at radius 3 is 3.00 bits per heavy atom. The fourth-order valence-electron chi connectivity index (χ4n) is 2.33. The number of amides is 1. The highest BCUT2D eigenvalue weighted by molar-refractivity contribution is 5.95. The van der Waals surface area contributed by atoms with Crippen LogP contribution in [0, 0.1) is 5.92 Å². The highest BCUT2D eigenvalue weighted by atomic mass is 16.5. The number of anilines is 1. The molecule has 1 aromatic rings. The number of methoxy groups -OCH3 is 1. The molecule has 1 aliphatic rings. The molecule has 0 radical (unpaired) electrons. The van der Waals surface area contributed by atoms with Gasteiger partial charge in [0.1, 0.15) is 5.75 Å². The van der Waals surface area contributed by atoms with E-state index in [2.05, 4.69) is 24.5 Å². The number of fused-ring (bicyclic) bond motifs is 1. The van der Waals surface area contributed by atoms with E-state index in [1.54, 1.807) is 19.2 Å². The largest absolute Gasteiger partial charge is 0.471 e. The number of rotatable bonds is 6. The monoisotopic (exact) mass is 278 g/mol. The van der Waals surface area contributed by atoms with Crippen LogP contribution in [0.5, 0.6) is 5.75 Å². The molecule has 110 valence electrons. The summed E-state index contributed by atoms with van der Waals surface area (Å²) in [6.45, 7) is 5.24. The highest BCUT2D eigenvalue weighted by Gasteiger charge is 2.18. The third kappa shape index (κ3) is 3.63. The number of carbonyl (C=O) groups excluding carboxylic acids is 1. The molecular weight excluding hydrogens is 256 g/mol. The molecule has 5 nitrogen and oxygen atoms in total. The van der Waals surface area contributed by atoms with E-state index < -0.39 is 0 Å². The zero-order valence-corrected chi connectivity index (χ0v) is 12.2. The number of hydrogen-bond acceptors (Lipinski definition) is 4. The van der Waals surface area contributed by atoms with Crippen molar-refractivity contribution in [1.82, 2.24) is 5.32 Å². The van der Waals surface area contributed by atoms with E-state index >= 15 is 0 Å². The van der Waals surface area contributed by atoms with Crippen LogP contribution in [-0.4, -0.2) is 32.4 Å². The van der Waals surface area contributed by atoms with Crippen LogP contribution in [-0.2, 0) is 4.74 Å². The first-order chi connectivity index (χ1) is 9.60. The molecule has 0 saturated heterocycles. The van der Waals surface area contributed by atoms with E-state index in [0.717, 1.165) is 17.9 Å². The maximum atomic E-state index is 12.3. The zero-order chi connectivity index (χ0) is 14.5. The lowest BCUT2D eigenvalue weighted by molar-refractivity contribution is 0.0884. The van der Waals surface area contributed by atoms with Crippen LogP contribution < -0.4 is 15.4 Å². The van der Waals surface area contributed by atoms with Crippen LogP contribution in [0.15, 0.2) is 18.2 Å². The number of carbonyl (C=O) groups is 1. The van der Waals surface area contributed by atoms with Gasteiger partial charge in [-0.3, -0.25) is 4.79 Å². The van der Waals surface area contributed by atoms with Gasteiger partial charge in [-0.05, 0) is 30.5 Å². The summed E-state index contributed by atoms with van der Waals surface area (Å²) in [5.41, 5.74) is 1.54. The average molecular weight is 278 g/mol. The Morgan fingerprint density at radius 1 is 1.50 bits per heavy atom. The Bertz CT molecular complexity index is 474. The molecule has 0 spiro atoms. The summed E-state index contributed by atoms with van der Waals surface area (Å²) in [6.07, 6.45) is 0.891. The van der Waals surface area contributed by atoms with Gasteiger partial charge in [0.2, 0.25) is 0 Å². The van der Waals surface area contributed by atoms with Crippen molar-refractivity contribution in [2.75, 3.05) is 25.8 Å². The van der Waals surface area contributed by atoms with Gasteiger partial charge in [-0.15, -0.1) is 0 Å². The average Bonchev–Trinajstić information content (AvgIpc) is 2.85. The molecule has 20 heavy (non-hydrogen) atoms. The first-order valence-electron chi connectivity index (χ1n) is 6.90. The van der Waals surface area contributed by atoms with E-state index in [-0.39, 0.29) is 11.9 Å². The molecule has 0 saturated carbocycles. The minimum Gasteiger partial charge on any atom is -0.471 e. The molecule has 0 bridgehead atoms. The standard InChI is InChI=1S/C15H22N2O3/c1-10(2)6-12(8-19-3)17-15(18)11-4-5-13-14(7-11)20-9-16-13/h4-5,7,10,12,16H,6,8-9H2,1-3H3,(H,17,18)/t12-/m1/s1. The van der Waals surface area contributed by atoms with Crippen LogP contribution in [0.3, 0.4) is 0 Å². The van der Waals surface area contributed by atoms with Crippen molar-refractivity contribution in [2.24, 2.45) is 5.92 Å². The lowest BCUT2D eigenvalue weighted by Crippen LogP contribution is -2.38. The lowest BCUT2D eigenvalue weighted by Gasteiger charge is -2.20. The molecule has 0 fully saturated rings. The molecular formula is C15H22N2O3. The molecule has 2 rings (SSSR count). The smallest absolute Gasteiger partial charge is 0.251 e. The molecule has 1 atom stereocenters. The summed E-state index contributed by atoms with van der Waals surface area (Å²) >= 11 is 0. The van der Waals surface area contributed by atoms with E-state index in [9.17, 15) is 4.79 Å². The summed E-state index contributed by atoms with van der Waals surface area (Å²) in [6, 6.07) is 5.46. The van der Waals surface area contributed by atoms with Crippen LogP contribution >= 0.6 is 0 Å². The van der Waals surface area contributed by atoms with Crippen LogP contribution in [0.4, 0.5) is 5.69 Å². The normalized spacial score (nSPS) is 14.4. The number of benzene rings is 1. The van der Waals surface area contributed by atoms with Gasteiger partial charge in [-0.2, -0.15) is 0 Å². The minimum atomic E-state index is -0.0917. The van der Waals surface area contributed by atoms with Gasteiger partial charge < -0.3 is 20.1 Å². The van der Waals surface area contributed by atoms with Gasteiger partial charge in [0, 0.05) is 12.7 Å². The Hall–Kier alpha value is -1.75. The van der Waals surface area contributed by atoms with Crippen molar-refractivity contribution in [3.8, 4) is 5.75 Å². The summed E-state index contributed by atoms with van der Waals surface area (Å²) in [5, 5.41) is 6.10. The first kappa shape index (κ1) is 14.7. The quantitative estimate of drug-likeness (QED) is 0.838. The van der Waals surface area contributed by atoms with Gasteiger partial charge in [0.25, 0.3) is 5.91 Å². The zero-order valence-electron chi connectivity index (χ0n) is 12.2. The summed E-state index contributed by atoms with van der Waals surface area (Å²) in [4.78, 5) is 12.3. The third-order valence-corrected chi connectivity index (χ3v) is 3.19. The maximum absolute atomic E-state index is 12.3. The molecule has 1 aromatic carbocycles. The number of ether oxygens (including phenoxy) is 2. The molecule has 2 N–H and O–H groups in total. The number of nitrogens with one attached hydrogen (secondary N) is 2. The summed E-state index contributed by atoms with van der Waals surface area (Å²) in [5.74, 6) is 1.14. The molecule has 0 aliphatic carbocycles. The van der Waals surface area contributed by atoms with Crippen molar-refractivity contribution in [3.05, 3.63) is 23.8 Å². The molecule has 1 amide bonds. The minimum absolute atomic E-state index is 0.0276. The third-order valence-electron chi connectivity index (χ3n) is 3.19. The Kier molecular flexibility index (Phi) is 4.84. The predicted molar refractivity (Wildman–Crippen MR) is 78.1 cm³/mol. The SMILES string of the molecule is COC[C@@H](CC(C)C)NC(=O)c1ccc2c(c1)OCN2. The van der Waals surface area contributed by atoms with Gasteiger partial charge >= 0.3 is 0 Å². The van der Waals surface area contributed by atoms with Gasteiger partial charge in [0.05, 0.1) is 18.3 Å². The Labute approximate surface area is 119 Å². The van der Waals surface area contributed by atoms with Crippen molar-refractivity contribution >= 4 is 11.6 Å². The first-order valence-corrected chi connectivity index (χ1v) is 6.90. The highest BCUT2D eigenvalue weighted by Crippen LogP contribution is 2.29. The molecule has 1 heterocycles. The van der Waals surface area contributed by atoms with Gasteiger partial charge in [0.15, 0.2) is 6.73 Å². The number of hydrogen-bond donors (Lipinski definition) is 2. The van der Waals surface area contributed by atoms with Gasteiger partial charge in [-0.25, -0.2) is 0 Å². The summed E-state index contributed by atoms with van der Waals surface area (Å²) < 4.78 is 10.6. The van der Waals surface area contributed by atoms with Crippen LogP contribution in [0.1, 0.15) is 30.6 Å². The van der Waals surface area contributed by atoms with Crippen molar-refractivity contribution in [3.63, 3.8) is 0 Å². The van der Waals surface area contributed by atoms with E-state index in [4.69, 9.17) is 9.47 Å². The fraction of sp³-hybridized carbons (Fsp3) is 0.533. The van der Waals surface area contributed by atoms with Crippen molar-refractivity contribution < 1.29 is 14.3 Å². The Morgan fingerprint density at radius 2 is 2.30 bits per heavy atom. The predicted octanol–water partition coefficient (Wildman–Crippen LogP) is 2.24. The molecule has 1 aliphatic heterocycles. The van der Waals surface area contributed by atoms with E-state index in [1.165, 1.54) is 0 Å². The Balaban J connectivity index is 2.02. The molecule has 5 heteroatoms. The van der Waals surface area contributed by atoms with Crippen LogP contribution in [0.25, 0.3) is 0 Å². The molecule has 0 unspecified atom stereocenters. The second-order valence-corrected chi connectivity index (χ2v) is 5.43. The van der Waals surface area contributed by atoms with Gasteiger partial charge in [-0.1, -0.05) is 13.8 Å². The van der Waals surface area contributed by atoms with E-state index in [0.29, 0.717) is 24.8 Å². The summed E-state index contributed by atoms with van der Waals surface area (Å²) in [7, 11) is 1.65. The fourth-order valence-corrected chi connectivity index (χ4v) is 2.33. The second kappa shape index (κ2) is 6.61. The van der Waals surface area contributed by atoms with E-state index in [1.807, 2.05) is 6.07 Å². The lowest BCUT2D eigenvalue weighted by atomic mass is 10.0. The van der Waals surface area contributed by atoms with Crippen molar-refractivity contribution in [1.29, 1.82) is 0 Å². The van der Waals surface area contributed by atoms with Crippen molar-refractivity contribution in [2.45, 2.75) is 26.3 Å².